The highest BCUT2D eigenvalue weighted by Crippen LogP contribution is 2.27. The Hall–Kier alpha value is -0.750. The van der Waals surface area contributed by atoms with Gasteiger partial charge in [-0.15, -0.1) is 0 Å². The minimum Gasteiger partial charge on any atom is -0.383 e. The molecule has 0 saturated carbocycles. The fraction of sp³-hybridized carbons (Fsp3) is 0.400. The number of rotatable bonds is 3. The van der Waals surface area contributed by atoms with Gasteiger partial charge in [-0.1, -0.05) is 44.5 Å². The molecule has 20 heavy (non-hydrogen) atoms. The van der Waals surface area contributed by atoms with Gasteiger partial charge in [0, 0.05) is 5.02 Å². The van der Waals surface area contributed by atoms with Crippen LogP contribution in [0.15, 0.2) is 24.3 Å². The Morgan fingerprint density at radius 1 is 1.35 bits per heavy atom. The van der Waals surface area contributed by atoms with Crippen molar-refractivity contribution in [2.45, 2.75) is 33.7 Å². The van der Waals surface area contributed by atoms with E-state index in [0.717, 1.165) is 32.1 Å². The van der Waals surface area contributed by atoms with E-state index in [1.165, 1.54) is 0 Å². The highest BCUT2D eigenvalue weighted by molar-refractivity contribution is 14.1. The van der Waals surface area contributed by atoms with Crippen molar-refractivity contribution in [1.29, 1.82) is 0 Å². The minimum atomic E-state index is 0.196. The van der Waals surface area contributed by atoms with E-state index >= 15 is 0 Å². The van der Waals surface area contributed by atoms with Crippen LogP contribution in [0.5, 0.6) is 0 Å². The van der Waals surface area contributed by atoms with Crippen LogP contribution in [-0.4, -0.2) is 9.78 Å². The van der Waals surface area contributed by atoms with Crippen LogP contribution in [0.3, 0.4) is 0 Å². The number of hydrogen-bond acceptors (Lipinski definition) is 2. The lowest BCUT2D eigenvalue weighted by Gasteiger charge is -2.16. The Labute approximate surface area is 138 Å². The first-order valence-electron chi connectivity index (χ1n) is 6.51. The summed E-state index contributed by atoms with van der Waals surface area (Å²) in [5.41, 5.74) is 8.53. The van der Waals surface area contributed by atoms with Crippen molar-refractivity contribution in [3.63, 3.8) is 0 Å². The van der Waals surface area contributed by atoms with E-state index < -0.39 is 0 Å². The van der Waals surface area contributed by atoms with Crippen LogP contribution in [0.4, 0.5) is 5.82 Å². The summed E-state index contributed by atoms with van der Waals surface area (Å²) in [6.07, 6.45) is 0.915. The number of nitrogen functional groups attached to an aromatic ring is 1. The molecule has 0 spiro atoms. The van der Waals surface area contributed by atoms with Crippen molar-refractivity contribution in [2.75, 3.05) is 5.73 Å². The first-order valence-corrected chi connectivity index (χ1v) is 7.97. The molecule has 2 rings (SSSR count). The highest BCUT2D eigenvalue weighted by atomic mass is 127. The number of halogens is 2. The van der Waals surface area contributed by atoms with Gasteiger partial charge in [-0.3, -0.25) is 0 Å². The number of nitrogens with two attached hydrogens (primary N) is 1. The van der Waals surface area contributed by atoms with E-state index in [0.29, 0.717) is 6.54 Å². The first kappa shape index (κ1) is 15.6. The summed E-state index contributed by atoms with van der Waals surface area (Å²) in [6, 6.07) is 7.78. The smallest absolute Gasteiger partial charge is 0.135 e. The van der Waals surface area contributed by atoms with E-state index in [4.69, 9.17) is 17.3 Å². The molecule has 0 amide bonds. The van der Waals surface area contributed by atoms with Gasteiger partial charge in [0.25, 0.3) is 0 Å². The van der Waals surface area contributed by atoms with E-state index in [2.05, 4.69) is 48.5 Å². The first-order chi connectivity index (χ1) is 9.26. The van der Waals surface area contributed by atoms with Gasteiger partial charge >= 0.3 is 0 Å². The van der Waals surface area contributed by atoms with Crippen molar-refractivity contribution < 1.29 is 0 Å². The van der Waals surface area contributed by atoms with Gasteiger partial charge < -0.3 is 5.73 Å². The SMILES string of the molecule is CC(C)(C)Cc1nn(Cc2cccc(Cl)c2)c(N)c1I. The molecule has 0 aliphatic heterocycles. The van der Waals surface area contributed by atoms with E-state index in [9.17, 15) is 0 Å². The van der Waals surface area contributed by atoms with E-state index in [1.54, 1.807) is 0 Å². The number of anilines is 1. The molecule has 3 nitrogen and oxygen atoms in total. The van der Waals surface area contributed by atoms with Gasteiger partial charge in [-0.05, 0) is 52.1 Å². The maximum absolute atomic E-state index is 6.17. The molecule has 0 aliphatic rings. The van der Waals surface area contributed by atoms with Gasteiger partial charge in [-0.25, -0.2) is 4.68 Å². The normalized spacial score (nSPS) is 11.8. The van der Waals surface area contributed by atoms with Crippen molar-refractivity contribution in [2.24, 2.45) is 5.41 Å². The van der Waals surface area contributed by atoms with E-state index in [-0.39, 0.29) is 5.41 Å². The molecule has 0 atom stereocenters. The summed E-state index contributed by atoms with van der Waals surface area (Å²) in [7, 11) is 0. The Morgan fingerprint density at radius 3 is 2.65 bits per heavy atom. The molecule has 0 bridgehead atoms. The lowest BCUT2D eigenvalue weighted by Crippen LogP contribution is -2.11. The van der Waals surface area contributed by atoms with Gasteiger partial charge in [0.05, 0.1) is 15.8 Å². The molecule has 1 heterocycles. The molecule has 2 aromatic rings. The Bertz CT molecular complexity index is 614. The Kier molecular flexibility index (Phi) is 4.64. The molecule has 0 unspecified atom stereocenters. The largest absolute Gasteiger partial charge is 0.383 e. The second-order valence-electron chi connectivity index (χ2n) is 6.17. The van der Waals surface area contributed by atoms with Crippen molar-refractivity contribution in [3.8, 4) is 0 Å². The standard InChI is InChI=1S/C15H19ClIN3/c1-15(2,3)8-12-13(17)14(18)20(19-12)9-10-5-4-6-11(16)7-10/h4-7H,8-9,18H2,1-3H3. The molecule has 1 aromatic heterocycles. The van der Waals surface area contributed by atoms with Crippen molar-refractivity contribution in [3.05, 3.63) is 44.1 Å². The molecule has 0 saturated heterocycles. The Morgan fingerprint density at radius 2 is 2.05 bits per heavy atom. The van der Waals surface area contributed by atoms with Crippen LogP contribution in [0, 0.1) is 8.99 Å². The van der Waals surface area contributed by atoms with Crippen LogP contribution >= 0.6 is 34.2 Å². The molecule has 2 N–H and O–H groups in total. The van der Waals surface area contributed by atoms with Crippen LogP contribution < -0.4 is 5.73 Å². The third kappa shape index (κ3) is 3.88. The maximum Gasteiger partial charge on any atom is 0.135 e. The van der Waals surface area contributed by atoms with Crippen LogP contribution in [0.2, 0.25) is 5.02 Å². The van der Waals surface area contributed by atoms with Crippen LogP contribution in [-0.2, 0) is 13.0 Å². The number of aromatic nitrogens is 2. The van der Waals surface area contributed by atoms with Gasteiger partial charge in [0.2, 0.25) is 0 Å². The van der Waals surface area contributed by atoms with E-state index in [1.807, 2.05) is 28.9 Å². The molecule has 0 aliphatic carbocycles. The summed E-state index contributed by atoms with van der Waals surface area (Å²) < 4.78 is 2.91. The third-order valence-corrected chi connectivity index (χ3v) is 4.33. The lowest BCUT2D eigenvalue weighted by molar-refractivity contribution is 0.403. The quantitative estimate of drug-likeness (QED) is 0.774. The summed E-state index contributed by atoms with van der Waals surface area (Å²) in [5, 5.41) is 5.39. The average molecular weight is 404 g/mol. The fourth-order valence-corrected chi connectivity index (χ4v) is 2.84. The van der Waals surface area contributed by atoms with Gasteiger partial charge in [0.15, 0.2) is 0 Å². The summed E-state index contributed by atoms with van der Waals surface area (Å²) >= 11 is 8.29. The molecular weight excluding hydrogens is 385 g/mol. The number of nitrogens with zero attached hydrogens (tertiary/aromatic N) is 2. The second-order valence-corrected chi connectivity index (χ2v) is 7.69. The third-order valence-electron chi connectivity index (χ3n) is 2.92. The highest BCUT2D eigenvalue weighted by Gasteiger charge is 2.19. The monoisotopic (exact) mass is 403 g/mol. The lowest BCUT2D eigenvalue weighted by atomic mass is 9.91. The fourth-order valence-electron chi connectivity index (χ4n) is 2.05. The van der Waals surface area contributed by atoms with Crippen LogP contribution in [0.1, 0.15) is 32.0 Å². The minimum absolute atomic E-state index is 0.196. The summed E-state index contributed by atoms with van der Waals surface area (Å²) in [6.45, 7) is 7.26. The number of benzene rings is 1. The zero-order valence-electron chi connectivity index (χ0n) is 12.0. The molecule has 0 radical (unpaired) electrons. The maximum atomic E-state index is 6.17. The topological polar surface area (TPSA) is 43.8 Å². The molecule has 5 heteroatoms. The average Bonchev–Trinajstić information content (AvgIpc) is 2.56. The molecule has 108 valence electrons. The second kappa shape index (κ2) is 5.93. The van der Waals surface area contributed by atoms with Gasteiger partial charge in [0.1, 0.15) is 5.82 Å². The van der Waals surface area contributed by atoms with Crippen LogP contribution in [0.25, 0.3) is 0 Å². The molecule has 1 aromatic carbocycles. The molecular formula is C15H19ClIN3. The molecule has 0 fully saturated rings. The Balaban J connectivity index is 2.27. The summed E-state index contributed by atoms with van der Waals surface area (Å²) in [5.74, 6) is 0.727. The predicted molar refractivity (Wildman–Crippen MR) is 93.1 cm³/mol. The van der Waals surface area contributed by atoms with Crippen molar-refractivity contribution in [1.82, 2.24) is 9.78 Å². The van der Waals surface area contributed by atoms with Gasteiger partial charge in [-0.2, -0.15) is 5.10 Å². The zero-order valence-corrected chi connectivity index (χ0v) is 14.9. The zero-order chi connectivity index (χ0) is 14.9. The predicted octanol–water partition coefficient (Wildman–Crippen LogP) is 4.36. The number of hydrogen-bond donors (Lipinski definition) is 1. The summed E-state index contributed by atoms with van der Waals surface area (Å²) in [4.78, 5) is 0. The van der Waals surface area contributed by atoms with Crippen molar-refractivity contribution >= 4 is 40.0 Å².